The van der Waals surface area contributed by atoms with Crippen LogP contribution in [0.4, 0.5) is 8.78 Å². The summed E-state index contributed by atoms with van der Waals surface area (Å²) in [6.07, 6.45) is -0.212. The molecular weight excluding hydrogens is 272 g/mol. The maximum atomic E-state index is 12.1. The molecule has 0 fully saturated rings. The van der Waals surface area contributed by atoms with Crippen molar-refractivity contribution in [2.24, 2.45) is 0 Å². The molecule has 0 spiro atoms. The highest BCUT2D eigenvalue weighted by molar-refractivity contribution is 6.18. The van der Waals surface area contributed by atoms with Crippen molar-refractivity contribution in [1.29, 1.82) is 0 Å². The molecule has 5 nitrogen and oxygen atoms in total. The second kappa shape index (κ2) is 7.33. The van der Waals surface area contributed by atoms with Crippen LogP contribution in [0.5, 0.6) is 0 Å². The number of Topliss-reactive ketones (excluding diaryl/α,β-unsaturated/α-hetero) is 1. The molecule has 0 aliphatic rings. The lowest BCUT2D eigenvalue weighted by atomic mass is 10.1. The Kier molecular flexibility index (Phi) is 6.78. The van der Waals surface area contributed by atoms with Gasteiger partial charge in [0.15, 0.2) is 5.78 Å². The van der Waals surface area contributed by atoms with E-state index in [0.717, 1.165) is 6.92 Å². The summed E-state index contributed by atoms with van der Waals surface area (Å²) in [7, 11) is 3.19. The first-order valence-electron chi connectivity index (χ1n) is 6.03. The standard InChI is InChI=1S/C13H21F2NO4/c1-8(19-12(14)15)10(17)9(7-16(5)6)11(18)20-13(2,3)4/h7-8,12H,1-6H3/b9-7-/t8-/m0/s1. The van der Waals surface area contributed by atoms with Gasteiger partial charge < -0.3 is 14.4 Å². The fourth-order valence-corrected chi connectivity index (χ4v) is 1.24. The predicted molar refractivity (Wildman–Crippen MR) is 69.2 cm³/mol. The third kappa shape index (κ3) is 7.18. The zero-order valence-corrected chi connectivity index (χ0v) is 12.6. The molecule has 0 amide bonds. The number of carbonyl (C=O) groups excluding carboxylic acids is 2. The van der Waals surface area contributed by atoms with E-state index >= 15 is 0 Å². The normalized spacial score (nSPS) is 14.2. The fraction of sp³-hybridized carbons (Fsp3) is 0.692. The van der Waals surface area contributed by atoms with Crippen molar-refractivity contribution in [3.05, 3.63) is 11.8 Å². The van der Waals surface area contributed by atoms with Crippen molar-refractivity contribution < 1.29 is 27.8 Å². The number of nitrogens with zero attached hydrogens (tertiary/aromatic N) is 1. The molecule has 0 aliphatic carbocycles. The summed E-state index contributed by atoms with van der Waals surface area (Å²) in [6, 6.07) is 0. The van der Waals surface area contributed by atoms with Crippen molar-refractivity contribution in [2.45, 2.75) is 46.0 Å². The van der Waals surface area contributed by atoms with Gasteiger partial charge in [-0.25, -0.2) is 4.79 Å². The number of ketones is 1. The van der Waals surface area contributed by atoms with Gasteiger partial charge in [0, 0.05) is 20.3 Å². The van der Waals surface area contributed by atoms with Crippen LogP contribution >= 0.6 is 0 Å². The molecule has 0 unspecified atom stereocenters. The highest BCUT2D eigenvalue weighted by Crippen LogP contribution is 2.15. The molecule has 0 saturated heterocycles. The van der Waals surface area contributed by atoms with Crippen LogP contribution in [0.3, 0.4) is 0 Å². The Morgan fingerprint density at radius 1 is 1.20 bits per heavy atom. The second-order valence-corrected chi connectivity index (χ2v) is 5.41. The van der Waals surface area contributed by atoms with Crippen LogP contribution in [0.15, 0.2) is 11.8 Å². The first-order chi connectivity index (χ1) is 8.94. The Labute approximate surface area is 117 Å². The highest BCUT2D eigenvalue weighted by Gasteiger charge is 2.30. The predicted octanol–water partition coefficient (Wildman–Crippen LogP) is 1.97. The number of hydrogen-bond acceptors (Lipinski definition) is 5. The van der Waals surface area contributed by atoms with Crippen molar-refractivity contribution in [1.82, 2.24) is 4.90 Å². The third-order valence-corrected chi connectivity index (χ3v) is 1.95. The molecule has 116 valence electrons. The van der Waals surface area contributed by atoms with Gasteiger partial charge in [-0.2, -0.15) is 8.78 Å². The Balaban J connectivity index is 5.18. The van der Waals surface area contributed by atoms with Gasteiger partial charge in [0.25, 0.3) is 0 Å². The molecule has 0 rings (SSSR count). The zero-order valence-electron chi connectivity index (χ0n) is 12.6. The van der Waals surface area contributed by atoms with Gasteiger partial charge >= 0.3 is 12.6 Å². The number of alkyl halides is 2. The van der Waals surface area contributed by atoms with E-state index in [1.165, 1.54) is 11.1 Å². The fourth-order valence-electron chi connectivity index (χ4n) is 1.24. The monoisotopic (exact) mass is 293 g/mol. The van der Waals surface area contributed by atoms with Gasteiger partial charge in [-0.15, -0.1) is 0 Å². The Morgan fingerprint density at radius 3 is 2.05 bits per heavy atom. The van der Waals surface area contributed by atoms with Crippen molar-refractivity contribution in [3.63, 3.8) is 0 Å². The molecule has 0 aliphatic heterocycles. The van der Waals surface area contributed by atoms with Crippen LogP contribution in [-0.4, -0.2) is 49.1 Å². The SMILES string of the molecule is C[C@H](OC(F)F)C(=O)/C(=C/N(C)C)C(=O)OC(C)(C)C. The highest BCUT2D eigenvalue weighted by atomic mass is 19.3. The lowest BCUT2D eigenvalue weighted by molar-refractivity contribution is -0.170. The minimum Gasteiger partial charge on any atom is -0.456 e. The molecule has 0 bridgehead atoms. The summed E-state index contributed by atoms with van der Waals surface area (Å²) >= 11 is 0. The number of carbonyl (C=O) groups is 2. The summed E-state index contributed by atoms with van der Waals surface area (Å²) in [5.74, 6) is -1.73. The number of esters is 1. The first-order valence-corrected chi connectivity index (χ1v) is 6.03. The van der Waals surface area contributed by atoms with E-state index in [1.54, 1.807) is 34.9 Å². The van der Waals surface area contributed by atoms with Gasteiger partial charge in [-0.3, -0.25) is 4.79 Å². The molecule has 0 aromatic rings. The second-order valence-electron chi connectivity index (χ2n) is 5.41. The Morgan fingerprint density at radius 2 is 1.70 bits per heavy atom. The first kappa shape index (κ1) is 18.5. The topological polar surface area (TPSA) is 55.8 Å². The number of halogens is 2. The maximum absolute atomic E-state index is 12.1. The summed E-state index contributed by atoms with van der Waals surface area (Å²) in [6.45, 7) is 2.99. The van der Waals surface area contributed by atoms with E-state index < -0.39 is 30.1 Å². The van der Waals surface area contributed by atoms with E-state index in [2.05, 4.69) is 4.74 Å². The van der Waals surface area contributed by atoms with E-state index in [-0.39, 0.29) is 5.57 Å². The summed E-state index contributed by atoms with van der Waals surface area (Å²) in [4.78, 5) is 25.4. The number of ether oxygens (including phenoxy) is 2. The summed E-state index contributed by atoms with van der Waals surface area (Å²) in [5, 5.41) is 0. The molecule has 0 heterocycles. The molecule has 0 aromatic carbocycles. The van der Waals surface area contributed by atoms with Crippen molar-refractivity contribution in [3.8, 4) is 0 Å². The number of hydrogen-bond donors (Lipinski definition) is 0. The van der Waals surface area contributed by atoms with Crippen LogP contribution in [0.25, 0.3) is 0 Å². The smallest absolute Gasteiger partial charge is 0.345 e. The van der Waals surface area contributed by atoms with Crippen LogP contribution in [0.2, 0.25) is 0 Å². The van der Waals surface area contributed by atoms with Gasteiger partial charge in [0.1, 0.15) is 17.3 Å². The zero-order chi connectivity index (χ0) is 16.1. The van der Waals surface area contributed by atoms with Crippen molar-refractivity contribution >= 4 is 11.8 Å². The van der Waals surface area contributed by atoms with E-state index in [9.17, 15) is 18.4 Å². The lowest BCUT2D eigenvalue weighted by Crippen LogP contribution is -2.33. The van der Waals surface area contributed by atoms with E-state index in [1.807, 2.05) is 0 Å². The molecule has 20 heavy (non-hydrogen) atoms. The Hall–Kier alpha value is -1.50. The molecule has 0 N–H and O–H groups in total. The van der Waals surface area contributed by atoms with Crippen molar-refractivity contribution in [2.75, 3.05) is 14.1 Å². The van der Waals surface area contributed by atoms with Crippen LogP contribution in [0.1, 0.15) is 27.7 Å². The molecule has 0 aromatic heterocycles. The quantitative estimate of drug-likeness (QED) is 0.324. The molecule has 0 radical (unpaired) electrons. The van der Waals surface area contributed by atoms with E-state index in [0.29, 0.717) is 0 Å². The largest absolute Gasteiger partial charge is 0.456 e. The van der Waals surface area contributed by atoms with Gasteiger partial charge in [-0.1, -0.05) is 0 Å². The van der Waals surface area contributed by atoms with E-state index in [4.69, 9.17) is 4.74 Å². The van der Waals surface area contributed by atoms with Crippen LogP contribution in [0, 0.1) is 0 Å². The van der Waals surface area contributed by atoms with Gasteiger partial charge in [0.2, 0.25) is 0 Å². The average Bonchev–Trinajstić information content (AvgIpc) is 2.21. The summed E-state index contributed by atoms with van der Waals surface area (Å²) in [5.41, 5.74) is -1.13. The van der Waals surface area contributed by atoms with Gasteiger partial charge in [0.05, 0.1) is 0 Å². The molecular formula is C13H21F2NO4. The molecule has 0 saturated carbocycles. The third-order valence-electron chi connectivity index (χ3n) is 1.95. The number of rotatable bonds is 6. The van der Waals surface area contributed by atoms with Crippen LogP contribution in [-0.2, 0) is 19.1 Å². The lowest BCUT2D eigenvalue weighted by Gasteiger charge is -2.22. The summed E-state index contributed by atoms with van der Waals surface area (Å²) < 4.78 is 33.4. The average molecular weight is 293 g/mol. The maximum Gasteiger partial charge on any atom is 0.345 e. The van der Waals surface area contributed by atoms with Crippen LogP contribution < -0.4 is 0 Å². The van der Waals surface area contributed by atoms with Gasteiger partial charge in [-0.05, 0) is 27.7 Å². The minimum atomic E-state index is -3.09. The molecule has 7 heteroatoms. The Bertz CT molecular complexity index is 386. The minimum absolute atomic E-state index is 0.335. The molecule has 1 atom stereocenters.